The lowest BCUT2D eigenvalue weighted by Crippen LogP contribution is -2.36. The minimum absolute atomic E-state index is 0.188. The Balaban J connectivity index is 2.29. The molecular weight excluding hydrogens is 142 g/mol. The Hall–Kier alpha value is -0.120. The second-order valence-electron chi connectivity index (χ2n) is 3.06. The minimum atomic E-state index is -0.188. The van der Waals surface area contributed by atoms with Gasteiger partial charge in [0, 0.05) is 13.2 Å². The summed E-state index contributed by atoms with van der Waals surface area (Å²) in [6.07, 6.45) is 0.695. The lowest BCUT2D eigenvalue weighted by atomic mass is 10.2. The zero-order valence-corrected chi connectivity index (χ0v) is 7.29. The molecule has 0 bridgehead atoms. The average Bonchev–Trinajstić information content (AvgIpc) is 2.29. The van der Waals surface area contributed by atoms with E-state index >= 15 is 0 Å². The van der Waals surface area contributed by atoms with Gasteiger partial charge in [0.2, 0.25) is 0 Å². The lowest BCUT2D eigenvalue weighted by molar-refractivity contribution is 0.0426. The van der Waals surface area contributed by atoms with Gasteiger partial charge < -0.3 is 9.84 Å². The van der Waals surface area contributed by atoms with Crippen LogP contribution in [0.1, 0.15) is 13.3 Å². The van der Waals surface area contributed by atoms with Crippen molar-refractivity contribution >= 4 is 0 Å². The van der Waals surface area contributed by atoms with Crippen molar-refractivity contribution in [3.05, 3.63) is 0 Å². The van der Waals surface area contributed by atoms with Crippen molar-refractivity contribution in [3.63, 3.8) is 0 Å². The summed E-state index contributed by atoms with van der Waals surface area (Å²) in [5.74, 6) is 0. The van der Waals surface area contributed by atoms with Crippen molar-refractivity contribution < 1.29 is 9.84 Å². The van der Waals surface area contributed by atoms with Crippen LogP contribution in [0.3, 0.4) is 0 Å². The monoisotopic (exact) mass is 159 g/mol. The van der Waals surface area contributed by atoms with Crippen LogP contribution >= 0.6 is 0 Å². The van der Waals surface area contributed by atoms with E-state index in [-0.39, 0.29) is 12.1 Å². The highest BCUT2D eigenvalue weighted by Crippen LogP contribution is 2.15. The molecule has 0 amide bonds. The Morgan fingerprint density at radius 3 is 2.82 bits per heavy atom. The number of hydrogen-bond donors (Lipinski definition) is 1. The molecule has 1 rings (SSSR count). The molecule has 0 spiro atoms. The number of likely N-dealkylation sites (tertiary alicyclic amines) is 1. The number of nitrogens with zero attached hydrogens (tertiary/aromatic N) is 1. The van der Waals surface area contributed by atoms with Crippen LogP contribution in [0.4, 0.5) is 0 Å². The predicted octanol–water partition coefficient (Wildman–Crippen LogP) is 0.0879. The van der Waals surface area contributed by atoms with E-state index in [9.17, 15) is 5.11 Å². The van der Waals surface area contributed by atoms with Gasteiger partial charge in [0.05, 0.1) is 18.8 Å². The summed E-state index contributed by atoms with van der Waals surface area (Å²) < 4.78 is 5.26. The highest BCUT2D eigenvalue weighted by atomic mass is 16.5. The van der Waals surface area contributed by atoms with Crippen molar-refractivity contribution in [2.45, 2.75) is 25.5 Å². The third kappa shape index (κ3) is 2.15. The second kappa shape index (κ2) is 4.04. The van der Waals surface area contributed by atoms with E-state index in [2.05, 4.69) is 4.90 Å². The SMILES string of the molecule is CCOCC1C(O)CCN1C. The van der Waals surface area contributed by atoms with Gasteiger partial charge in [-0.25, -0.2) is 0 Å². The normalized spacial score (nSPS) is 33.0. The molecule has 0 aliphatic carbocycles. The lowest BCUT2D eigenvalue weighted by Gasteiger charge is -2.21. The van der Waals surface area contributed by atoms with E-state index in [4.69, 9.17) is 4.74 Å². The molecule has 1 aliphatic rings. The number of aliphatic hydroxyl groups excluding tert-OH is 1. The topological polar surface area (TPSA) is 32.7 Å². The van der Waals surface area contributed by atoms with Crippen molar-refractivity contribution in [2.75, 3.05) is 26.8 Å². The third-order valence-corrected chi connectivity index (χ3v) is 2.28. The van der Waals surface area contributed by atoms with Crippen LogP contribution < -0.4 is 0 Å². The zero-order chi connectivity index (χ0) is 8.27. The molecule has 1 saturated heterocycles. The molecule has 3 nitrogen and oxygen atoms in total. The van der Waals surface area contributed by atoms with Crippen molar-refractivity contribution in [3.8, 4) is 0 Å². The van der Waals surface area contributed by atoms with Gasteiger partial charge in [-0.15, -0.1) is 0 Å². The van der Waals surface area contributed by atoms with Gasteiger partial charge in [-0.05, 0) is 20.4 Å². The quantitative estimate of drug-likeness (QED) is 0.633. The summed E-state index contributed by atoms with van der Waals surface area (Å²) in [6.45, 7) is 4.35. The molecule has 0 aromatic heterocycles. The fourth-order valence-electron chi connectivity index (χ4n) is 1.46. The first kappa shape index (κ1) is 8.97. The highest BCUT2D eigenvalue weighted by Gasteiger charge is 2.29. The smallest absolute Gasteiger partial charge is 0.0729 e. The molecule has 1 heterocycles. The molecule has 0 aromatic rings. The van der Waals surface area contributed by atoms with Crippen LogP contribution in [-0.4, -0.2) is 49.0 Å². The highest BCUT2D eigenvalue weighted by molar-refractivity contribution is 4.84. The number of likely N-dealkylation sites (N-methyl/N-ethyl adjacent to an activating group) is 1. The minimum Gasteiger partial charge on any atom is -0.391 e. The number of ether oxygens (including phenoxy) is 1. The summed E-state index contributed by atoms with van der Waals surface area (Å²) in [6, 6.07) is 0.218. The first-order chi connectivity index (χ1) is 5.25. The van der Waals surface area contributed by atoms with Crippen molar-refractivity contribution in [1.82, 2.24) is 4.90 Å². The fraction of sp³-hybridized carbons (Fsp3) is 1.00. The molecule has 2 unspecified atom stereocenters. The maximum absolute atomic E-state index is 9.46. The van der Waals surface area contributed by atoms with Gasteiger partial charge in [0.25, 0.3) is 0 Å². The van der Waals surface area contributed by atoms with Crippen LogP contribution in [0.5, 0.6) is 0 Å². The standard InChI is InChI=1S/C8H17NO2/c1-3-11-6-7-8(10)4-5-9(7)2/h7-8,10H,3-6H2,1-2H3. The van der Waals surface area contributed by atoms with Crippen LogP contribution in [0.15, 0.2) is 0 Å². The van der Waals surface area contributed by atoms with E-state index < -0.39 is 0 Å². The van der Waals surface area contributed by atoms with Crippen LogP contribution in [0.2, 0.25) is 0 Å². The summed E-state index contributed by atoms with van der Waals surface area (Å²) in [7, 11) is 2.03. The maximum Gasteiger partial charge on any atom is 0.0729 e. The van der Waals surface area contributed by atoms with Crippen LogP contribution in [0.25, 0.3) is 0 Å². The van der Waals surface area contributed by atoms with Gasteiger partial charge in [-0.2, -0.15) is 0 Å². The molecule has 11 heavy (non-hydrogen) atoms. The molecule has 3 heteroatoms. The van der Waals surface area contributed by atoms with Crippen molar-refractivity contribution in [1.29, 1.82) is 0 Å². The molecule has 0 radical (unpaired) electrons. The van der Waals surface area contributed by atoms with Gasteiger partial charge >= 0.3 is 0 Å². The Kier molecular flexibility index (Phi) is 3.30. The van der Waals surface area contributed by atoms with E-state index in [0.29, 0.717) is 6.61 Å². The molecule has 1 fully saturated rings. The maximum atomic E-state index is 9.46. The van der Waals surface area contributed by atoms with Gasteiger partial charge in [-0.1, -0.05) is 0 Å². The number of hydrogen-bond acceptors (Lipinski definition) is 3. The summed E-state index contributed by atoms with van der Waals surface area (Å²) in [4.78, 5) is 2.15. The molecule has 2 atom stereocenters. The fourth-order valence-corrected chi connectivity index (χ4v) is 1.46. The Morgan fingerprint density at radius 2 is 2.36 bits per heavy atom. The molecule has 66 valence electrons. The van der Waals surface area contributed by atoms with Gasteiger partial charge in [0.1, 0.15) is 0 Å². The van der Waals surface area contributed by atoms with E-state index in [1.54, 1.807) is 0 Å². The average molecular weight is 159 g/mol. The molecular formula is C8H17NO2. The van der Waals surface area contributed by atoms with E-state index in [1.807, 2.05) is 14.0 Å². The first-order valence-electron chi connectivity index (χ1n) is 4.21. The first-order valence-corrected chi connectivity index (χ1v) is 4.21. The summed E-state index contributed by atoms with van der Waals surface area (Å²) in [5.41, 5.74) is 0. The molecule has 1 N–H and O–H groups in total. The van der Waals surface area contributed by atoms with Crippen molar-refractivity contribution in [2.24, 2.45) is 0 Å². The number of aliphatic hydroxyl groups is 1. The number of rotatable bonds is 3. The third-order valence-electron chi connectivity index (χ3n) is 2.28. The Morgan fingerprint density at radius 1 is 1.64 bits per heavy atom. The zero-order valence-electron chi connectivity index (χ0n) is 7.29. The Labute approximate surface area is 68.0 Å². The molecule has 0 saturated carbocycles. The molecule has 1 aliphatic heterocycles. The second-order valence-corrected chi connectivity index (χ2v) is 3.06. The van der Waals surface area contributed by atoms with E-state index in [1.165, 1.54) is 0 Å². The van der Waals surface area contributed by atoms with Gasteiger partial charge in [0.15, 0.2) is 0 Å². The van der Waals surface area contributed by atoms with E-state index in [0.717, 1.165) is 19.6 Å². The summed E-state index contributed by atoms with van der Waals surface area (Å²) >= 11 is 0. The van der Waals surface area contributed by atoms with Crippen LogP contribution in [0, 0.1) is 0 Å². The molecule has 0 aromatic carbocycles. The van der Waals surface area contributed by atoms with Crippen LogP contribution in [-0.2, 0) is 4.74 Å². The summed E-state index contributed by atoms with van der Waals surface area (Å²) in [5, 5.41) is 9.46. The van der Waals surface area contributed by atoms with Gasteiger partial charge in [-0.3, -0.25) is 4.90 Å². The Bertz CT molecular complexity index is 109. The predicted molar refractivity (Wildman–Crippen MR) is 43.5 cm³/mol. The largest absolute Gasteiger partial charge is 0.391 e.